The van der Waals surface area contributed by atoms with E-state index in [4.69, 9.17) is 15.9 Å². The van der Waals surface area contributed by atoms with Gasteiger partial charge in [0.2, 0.25) is 0 Å². The van der Waals surface area contributed by atoms with Crippen molar-refractivity contribution >= 4 is 11.8 Å². The molecule has 0 heterocycles. The minimum atomic E-state index is -0.330. The summed E-state index contributed by atoms with van der Waals surface area (Å²) in [6, 6.07) is 6.51. The fourth-order valence-electron chi connectivity index (χ4n) is 1.18. The summed E-state index contributed by atoms with van der Waals surface area (Å²) >= 11 is 0. The van der Waals surface area contributed by atoms with Gasteiger partial charge in [0.1, 0.15) is 5.84 Å². The molecule has 3 N–H and O–H groups in total. The Morgan fingerprint density at radius 1 is 1.31 bits per heavy atom. The van der Waals surface area contributed by atoms with Crippen LogP contribution in [0.3, 0.4) is 0 Å². The maximum absolute atomic E-state index is 11.5. The van der Waals surface area contributed by atoms with E-state index in [1.807, 2.05) is 6.92 Å². The van der Waals surface area contributed by atoms with Gasteiger partial charge < -0.3 is 10.5 Å². The quantitative estimate of drug-likeness (QED) is 0.344. The van der Waals surface area contributed by atoms with Crippen molar-refractivity contribution in [2.75, 3.05) is 6.61 Å². The van der Waals surface area contributed by atoms with E-state index in [-0.39, 0.29) is 11.8 Å². The first kappa shape index (κ1) is 12.2. The summed E-state index contributed by atoms with van der Waals surface area (Å²) in [7, 11) is 0. The molecule has 0 aliphatic heterocycles. The molecule has 4 nitrogen and oxygen atoms in total. The molecule has 0 spiro atoms. The molecule has 86 valence electrons. The fourth-order valence-corrected chi connectivity index (χ4v) is 1.18. The van der Waals surface area contributed by atoms with Crippen LogP contribution in [0.5, 0.6) is 0 Å². The molecule has 0 aliphatic carbocycles. The monoisotopic (exact) mass is 220 g/mol. The third-order valence-electron chi connectivity index (χ3n) is 2.16. The normalized spacial score (nSPS) is 9.81. The first-order chi connectivity index (χ1) is 7.65. The second-order valence-electron chi connectivity index (χ2n) is 3.48. The van der Waals surface area contributed by atoms with Crippen molar-refractivity contribution < 1.29 is 9.53 Å². The molecule has 0 atom stereocenters. The molecule has 0 aliphatic rings. The zero-order valence-electron chi connectivity index (χ0n) is 9.32. The fraction of sp³-hybridized carbons (Fsp3) is 0.333. The third kappa shape index (κ3) is 3.38. The van der Waals surface area contributed by atoms with Crippen molar-refractivity contribution in [1.82, 2.24) is 0 Å². The second kappa shape index (κ2) is 5.90. The number of hydrogen-bond donors (Lipinski definition) is 2. The third-order valence-corrected chi connectivity index (χ3v) is 2.16. The lowest BCUT2D eigenvalue weighted by Gasteiger charge is -2.04. The molecule has 0 saturated heterocycles. The number of rotatable bonds is 5. The van der Waals surface area contributed by atoms with Gasteiger partial charge >= 0.3 is 5.97 Å². The van der Waals surface area contributed by atoms with Crippen molar-refractivity contribution in [2.45, 2.75) is 19.8 Å². The summed E-state index contributed by atoms with van der Waals surface area (Å²) in [6.07, 6.45) is 1.87. The van der Waals surface area contributed by atoms with Crippen LogP contribution in [0.4, 0.5) is 0 Å². The van der Waals surface area contributed by atoms with Gasteiger partial charge in [-0.2, -0.15) is 0 Å². The standard InChI is InChI=1S/C12H16N2O2/c1-2-3-8-16-12(15)10-6-4-9(5-7-10)11(13)14/h4-7H,2-3,8H2,1H3,(H3,13,14). The predicted octanol–water partition coefficient (Wildman–Crippen LogP) is 1.93. The number of nitrogens with one attached hydrogen (secondary N) is 1. The second-order valence-corrected chi connectivity index (χ2v) is 3.48. The minimum absolute atomic E-state index is 0.00843. The summed E-state index contributed by atoms with van der Waals surface area (Å²) < 4.78 is 5.04. The molecule has 1 aromatic rings. The van der Waals surface area contributed by atoms with Gasteiger partial charge in [0, 0.05) is 5.56 Å². The summed E-state index contributed by atoms with van der Waals surface area (Å²) in [4.78, 5) is 11.5. The number of unbranched alkanes of at least 4 members (excludes halogenated alkanes) is 1. The molecule has 0 unspecified atom stereocenters. The van der Waals surface area contributed by atoms with E-state index in [1.54, 1.807) is 24.3 Å². The van der Waals surface area contributed by atoms with Crippen LogP contribution in [0.15, 0.2) is 24.3 Å². The van der Waals surface area contributed by atoms with E-state index in [2.05, 4.69) is 0 Å². The topological polar surface area (TPSA) is 76.2 Å². The molecule has 1 aromatic carbocycles. The van der Waals surface area contributed by atoms with Gasteiger partial charge in [-0.1, -0.05) is 25.5 Å². The van der Waals surface area contributed by atoms with Crippen LogP contribution in [0.2, 0.25) is 0 Å². The maximum atomic E-state index is 11.5. The lowest BCUT2D eigenvalue weighted by Crippen LogP contribution is -2.12. The van der Waals surface area contributed by atoms with Gasteiger partial charge in [0.25, 0.3) is 0 Å². The first-order valence-electron chi connectivity index (χ1n) is 5.26. The highest BCUT2D eigenvalue weighted by Crippen LogP contribution is 2.06. The molecule has 0 aromatic heterocycles. The summed E-state index contributed by atoms with van der Waals surface area (Å²) in [5.74, 6) is -0.338. The van der Waals surface area contributed by atoms with Crippen LogP contribution in [-0.2, 0) is 4.74 Å². The van der Waals surface area contributed by atoms with Crippen molar-refractivity contribution in [3.05, 3.63) is 35.4 Å². The van der Waals surface area contributed by atoms with E-state index in [1.165, 1.54) is 0 Å². The molecule has 0 fully saturated rings. The van der Waals surface area contributed by atoms with Crippen LogP contribution in [0.1, 0.15) is 35.7 Å². The van der Waals surface area contributed by atoms with Crippen molar-refractivity contribution in [3.63, 3.8) is 0 Å². The van der Waals surface area contributed by atoms with Crippen molar-refractivity contribution in [3.8, 4) is 0 Å². The Morgan fingerprint density at radius 3 is 2.38 bits per heavy atom. The number of hydrogen-bond acceptors (Lipinski definition) is 3. The van der Waals surface area contributed by atoms with Gasteiger partial charge in [-0.3, -0.25) is 5.41 Å². The molecule has 16 heavy (non-hydrogen) atoms. The van der Waals surface area contributed by atoms with Crippen molar-refractivity contribution in [1.29, 1.82) is 5.41 Å². The number of ether oxygens (including phenoxy) is 1. The Morgan fingerprint density at radius 2 is 1.88 bits per heavy atom. The first-order valence-corrected chi connectivity index (χ1v) is 5.26. The lowest BCUT2D eigenvalue weighted by molar-refractivity contribution is 0.0500. The molecule has 0 saturated carbocycles. The Hall–Kier alpha value is -1.84. The van der Waals surface area contributed by atoms with Crippen LogP contribution in [-0.4, -0.2) is 18.4 Å². The molecule has 0 radical (unpaired) electrons. The minimum Gasteiger partial charge on any atom is -0.462 e. The zero-order valence-corrected chi connectivity index (χ0v) is 9.32. The predicted molar refractivity (Wildman–Crippen MR) is 62.6 cm³/mol. The number of benzene rings is 1. The Bertz CT molecular complexity index is 371. The van der Waals surface area contributed by atoms with E-state index in [9.17, 15) is 4.79 Å². The molecule has 0 bridgehead atoms. The highest BCUT2D eigenvalue weighted by atomic mass is 16.5. The molecular weight excluding hydrogens is 204 g/mol. The number of carbonyl (C=O) groups is 1. The van der Waals surface area contributed by atoms with Gasteiger partial charge in [-0.15, -0.1) is 0 Å². The Balaban J connectivity index is 2.59. The van der Waals surface area contributed by atoms with E-state index in [0.29, 0.717) is 17.7 Å². The van der Waals surface area contributed by atoms with E-state index < -0.39 is 0 Å². The number of carbonyl (C=O) groups excluding carboxylic acids is 1. The average molecular weight is 220 g/mol. The zero-order chi connectivity index (χ0) is 12.0. The van der Waals surface area contributed by atoms with Crippen LogP contribution < -0.4 is 5.73 Å². The van der Waals surface area contributed by atoms with Crippen molar-refractivity contribution in [2.24, 2.45) is 5.73 Å². The van der Waals surface area contributed by atoms with Gasteiger partial charge in [0.15, 0.2) is 0 Å². The number of nitrogens with two attached hydrogens (primary N) is 1. The largest absolute Gasteiger partial charge is 0.462 e. The highest BCUT2D eigenvalue weighted by molar-refractivity contribution is 5.96. The maximum Gasteiger partial charge on any atom is 0.338 e. The summed E-state index contributed by atoms with van der Waals surface area (Å²) in [5.41, 5.74) is 6.39. The molecule has 4 heteroatoms. The van der Waals surface area contributed by atoms with Crippen LogP contribution in [0.25, 0.3) is 0 Å². The lowest BCUT2D eigenvalue weighted by atomic mass is 10.1. The van der Waals surface area contributed by atoms with Gasteiger partial charge in [-0.05, 0) is 18.6 Å². The molecule has 0 amide bonds. The SMILES string of the molecule is CCCCOC(=O)c1ccc(C(=N)N)cc1. The van der Waals surface area contributed by atoms with Crippen LogP contribution in [0, 0.1) is 5.41 Å². The molecule has 1 rings (SSSR count). The number of nitrogen functional groups attached to an aromatic ring is 1. The number of amidine groups is 1. The Kier molecular flexibility index (Phi) is 4.51. The van der Waals surface area contributed by atoms with E-state index >= 15 is 0 Å². The highest BCUT2D eigenvalue weighted by Gasteiger charge is 2.06. The average Bonchev–Trinajstić information content (AvgIpc) is 2.29. The van der Waals surface area contributed by atoms with Gasteiger partial charge in [-0.25, -0.2) is 4.79 Å². The molecular formula is C12H16N2O2. The van der Waals surface area contributed by atoms with E-state index in [0.717, 1.165) is 12.8 Å². The number of esters is 1. The Labute approximate surface area is 94.9 Å². The van der Waals surface area contributed by atoms with Gasteiger partial charge in [0.05, 0.1) is 12.2 Å². The summed E-state index contributed by atoms with van der Waals surface area (Å²) in [6.45, 7) is 2.49. The summed E-state index contributed by atoms with van der Waals surface area (Å²) in [5, 5.41) is 7.21. The smallest absolute Gasteiger partial charge is 0.338 e. The van der Waals surface area contributed by atoms with Crippen LogP contribution >= 0.6 is 0 Å².